The molecule has 0 bridgehead atoms. The molecule has 14 heteroatoms. The van der Waals surface area contributed by atoms with Gasteiger partial charge in [0.15, 0.2) is 0 Å². The van der Waals surface area contributed by atoms with E-state index in [1.54, 1.807) is 16.0 Å². The molecule has 56 heavy (non-hydrogen) atoms. The summed E-state index contributed by atoms with van der Waals surface area (Å²) in [6.45, 7) is 22.3. The largest absolute Gasteiger partial charge is 0.453 e. The van der Waals surface area contributed by atoms with Gasteiger partial charge in [0.1, 0.15) is 12.4 Å². The molecule has 14 nitrogen and oxygen atoms in total. The highest BCUT2D eigenvalue weighted by atomic mass is 16.5. The predicted molar refractivity (Wildman–Crippen MR) is 222 cm³/mol. The van der Waals surface area contributed by atoms with Crippen LogP contribution < -0.4 is 10.7 Å². The van der Waals surface area contributed by atoms with E-state index < -0.39 is 12.2 Å². The van der Waals surface area contributed by atoms with Crippen molar-refractivity contribution in [2.24, 2.45) is 0 Å². The molecule has 0 saturated carbocycles. The third-order valence-electron chi connectivity index (χ3n) is 8.89. The summed E-state index contributed by atoms with van der Waals surface area (Å²) in [5, 5.41) is 3.75. The van der Waals surface area contributed by atoms with Crippen molar-refractivity contribution in [3.05, 3.63) is 90.3 Å². The number of imidazole rings is 1. The molecule has 1 unspecified atom stereocenters. The molecule has 5 rings (SSSR count). The number of allylic oxidation sites excluding steroid dienone is 8. The summed E-state index contributed by atoms with van der Waals surface area (Å²) >= 11 is 0. The molecule has 0 spiro atoms. The fourth-order valence-corrected chi connectivity index (χ4v) is 6.00. The molecule has 4 N–H and O–H groups in total. The Morgan fingerprint density at radius 1 is 0.982 bits per heavy atom. The Bertz CT molecular complexity index is 1670. The summed E-state index contributed by atoms with van der Waals surface area (Å²) in [6, 6.07) is 3.66. The van der Waals surface area contributed by atoms with Gasteiger partial charge in [0.25, 0.3) is 0 Å². The Morgan fingerprint density at radius 2 is 1.64 bits per heavy atom. The molecule has 2 aromatic rings. The van der Waals surface area contributed by atoms with Gasteiger partial charge in [0.05, 0.1) is 32.2 Å². The quantitative estimate of drug-likeness (QED) is 0.147. The Balaban J connectivity index is 0.000000430. The van der Waals surface area contributed by atoms with E-state index in [-0.39, 0.29) is 30.6 Å². The molecule has 1 aliphatic carbocycles. The molecule has 2 aliphatic heterocycles. The lowest BCUT2D eigenvalue weighted by atomic mass is 9.92. The number of ether oxygens (including phenoxy) is 2. The van der Waals surface area contributed by atoms with E-state index in [1.807, 2.05) is 52.1 Å². The highest BCUT2D eigenvalue weighted by Gasteiger charge is 2.32. The van der Waals surface area contributed by atoms with Crippen molar-refractivity contribution in [3.8, 4) is 0 Å². The fraction of sp³-hybridized carbons (Fsp3) is 0.500. The second-order valence-corrected chi connectivity index (χ2v) is 13.4. The van der Waals surface area contributed by atoms with E-state index in [1.165, 1.54) is 36.8 Å². The summed E-state index contributed by atoms with van der Waals surface area (Å²) in [5.74, 6) is 0.550. The molecule has 3 aliphatic rings. The van der Waals surface area contributed by atoms with Crippen LogP contribution in [0.25, 0.3) is 11.1 Å². The third-order valence-corrected chi connectivity index (χ3v) is 8.89. The second kappa shape index (κ2) is 24.8. The number of carbonyl (C=O) groups excluding carboxylic acids is 4. The normalized spacial score (nSPS) is 15.8. The van der Waals surface area contributed by atoms with Crippen LogP contribution in [0.15, 0.2) is 73.1 Å². The van der Waals surface area contributed by atoms with Gasteiger partial charge in [-0.05, 0) is 86.8 Å². The number of likely N-dealkylation sites (tertiary alicyclic amines) is 2. The number of H-pyrrole nitrogens is 2. The number of urea groups is 1. The summed E-state index contributed by atoms with van der Waals surface area (Å²) in [4.78, 5) is 61.5. The molecule has 308 valence electrons. The van der Waals surface area contributed by atoms with E-state index in [2.05, 4.69) is 80.4 Å². The van der Waals surface area contributed by atoms with Crippen LogP contribution in [0.3, 0.4) is 0 Å². The van der Waals surface area contributed by atoms with Crippen molar-refractivity contribution in [1.29, 1.82) is 0 Å². The zero-order valence-corrected chi connectivity index (χ0v) is 34.7. The predicted octanol–water partition coefficient (Wildman–Crippen LogP) is 8.31. The van der Waals surface area contributed by atoms with Gasteiger partial charge in [0.2, 0.25) is 5.91 Å². The van der Waals surface area contributed by atoms with Crippen molar-refractivity contribution in [2.45, 2.75) is 98.6 Å². The molecule has 1 atom stereocenters. The van der Waals surface area contributed by atoms with Crippen LogP contribution >= 0.6 is 0 Å². The minimum Gasteiger partial charge on any atom is -0.453 e. The van der Waals surface area contributed by atoms with Gasteiger partial charge in [-0.25, -0.2) is 29.8 Å². The number of aromatic nitrogens is 3. The maximum Gasteiger partial charge on any atom is 0.425 e. The summed E-state index contributed by atoms with van der Waals surface area (Å²) in [5.41, 5.74) is 8.62. The lowest BCUT2D eigenvalue weighted by molar-refractivity contribution is -0.131. The minimum atomic E-state index is -0.625. The van der Waals surface area contributed by atoms with Crippen LogP contribution in [0, 0.1) is 0 Å². The Morgan fingerprint density at radius 3 is 2.21 bits per heavy atom. The van der Waals surface area contributed by atoms with Crippen molar-refractivity contribution >= 4 is 35.3 Å². The van der Waals surface area contributed by atoms with Gasteiger partial charge in [0, 0.05) is 37.6 Å². The van der Waals surface area contributed by atoms with Crippen LogP contribution in [0.4, 0.5) is 14.4 Å². The second-order valence-electron chi connectivity index (χ2n) is 13.4. The first kappa shape index (κ1) is 46.6. The number of hydrogen-bond donors (Lipinski definition) is 4. The van der Waals surface area contributed by atoms with Crippen LogP contribution in [0.5, 0.6) is 0 Å². The van der Waals surface area contributed by atoms with E-state index in [0.29, 0.717) is 12.4 Å². The van der Waals surface area contributed by atoms with Crippen LogP contribution in [0.2, 0.25) is 0 Å². The Kier molecular flexibility index (Phi) is 20.6. The highest BCUT2D eigenvalue weighted by molar-refractivity contribution is 5.83. The lowest BCUT2D eigenvalue weighted by Crippen LogP contribution is -2.54. The first-order chi connectivity index (χ1) is 26.9. The maximum absolute atomic E-state index is 12.6. The molecule has 2 fully saturated rings. The highest BCUT2D eigenvalue weighted by Crippen LogP contribution is 2.32. The first-order valence-electron chi connectivity index (χ1n) is 19.6. The number of amides is 5. The summed E-state index contributed by atoms with van der Waals surface area (Å²) in [7, 11) is 2.54. The van der Waals surface area contributed by atoms with Gasteiger partial charge in [-0.3, -0.25) is 4.79 Å². The zero-order chi connectivity index (χ0) is 41.6. The fourth-order valence-electron chi connectivity index (χ4n) is 6.00. The summed E-state index contributed by atoms with van der Waals surface area (Å²) in [6.07, 6.45) is 17.5. The number of hydrogen-bond acceptors (Lipinski definition) is 7. The topological polar surface area (TPSA) is 165 Å². The van der Waals surface area contributed by atoms with Crippen LogP contribution in [-0.2, 0) is 14.3 Å². The van der Waals surface area contributed by atoms with E-state index in [0.717, 1.165) is 74.1 Å². The average molecular weight is 777 g/mol. The molecular formula is C42H64N8O6. The van der Waals surface area contributed by atoms with Gasteiger partial charge in [-0.1, -0.05) is 71.6 Å². The molecule has 2 aromatic heterocycles. The third kappa shape index (κ3) is 14.3. The van der Waals surface area contributed by atoms with Gasteiger partial charge in [-0.15, -0.1) is 0 Å². The number of methoxy groups -OCH3 is 2. The van der Waals surface area contributed by atoms with E-state index in [4.69, 9.17) is 0 Å². The van der Waals surface area contributed by atoms with Crippen LogP contribution in [0.1, 0.15) is 110 Å². The molecule has 0 radical (unpaired) electrons. The SMILES string of the molecule is C=C(/C=C\C(=C)c1cnc(C2CCCN2C(=O)CNC(=O)OC)[nH]1)C1=CC=C(c2ccc[nH]2)CC1.CC.CCC.COC(=O)NN(C(=O)N1CCCC1)C(C)C. The van der Waals surface area contributed by atoms with Crippen molar-refractivity contribution in [3.63, 3.8) is 0 Å². The van der Waals surface area contributed by atoms with E-state index in [9.17, 15) is 19.2 Å². The number of nitrogens with zero attached hydrogens (tertiary/aromatic N) is 4. The van der Waals surface area contributed by atoms with Gasteiger partial charge in [-0.2, -0.15) is 0 Å². The Labute approximate surface area is 333 Å². The average Bonchev–Trinajstić information content (AvgIpc) is 4.06. The van der Waals surface area contributed by atoms with Crippen LogP contribution in [-0.4, -0.2) is 100 Å². The number of alkyl carbamates (subject to hydrolysis) is 1. The Hall–Kier alpha value is -5.53. The maximum atomic E-state index is 12.6. The lowest BCUT2D eigenvalue weighted by Gasteiger charge is -2.30. The number of aromatic amines is 2. The number of nitrogens with one attached hydrogen (secondary N) is 4. The van der Waals surface area contributed by atoms with Crippen molar-refractivity contribution < 1.29 is 28.7 Å². The number of rotatable bonds is 9. The van der Waals surface area contributed by atoms with Crippen molar-refractivity contribution in [1.82, 2.24) is 40.5 Å². The monoisotopic (exact) mass is 776 g/mol. The van der Waals surface area contributed by atoms with Gasteiger partial charge < -0.3 is 34.6 Å². The molecule has 0 aromatic carbocycles. The smallest absolute Gasteiger partial charge is 0.425 e. The summed E-state index contributed by atoms with van der Waals surface area (Å²) < 4.78 is 9.01. The van der Waals surface area contributed by atoms with E-state index >= 15 is 0 Å². The molecule has 2 saturated heterocycles. The first-order valence-corrected chi connectivity index (χ1v) is 19.6. The molecular weight excluding hydrogens is 713 g/mol. The number of hydrazine groups is 1. The standard InChI is InChI=1S/C27H31N5O3.C10H19N3O3.C3H8.C2H6/c1-18(20-10-12-21(13-11-20)22-6-4-14-28-22)8-9-19(2)23-16-29-26(31-23)24-7-5-15-32(24)25(33)17-30-27(34)35-3;1-8(2)13(11-9(14)16-3)10(15)12-6-4-5-7-12;1-3-2;1-2/h4,6,8-10,12,14,16,24,28H,1-2,5,7,11,13,15,17H2,3H3,(H,29,31)(H,30,34);8H,4-7H2,1-3H3,(H,11,14);3H2,1-2H3;1-2H3/b9-8-;;;. The minimum absolute atomic E-state index is 0.104. The number of carbonyl (C=O) groups is 4. The molecule has 5 amide bonds. The van der Waals surface area contributed by atoms with Gasteiger partial charge >= 0.3 is 18.2 Å². The zero-order valence-electron chi connectivity index (χ0n) is 34.7. The van der Waals surface area contributed by atoms with Crippen molar-refractivity contribution in [2.75, 3.05) is 40.4 Å². The molecule has 4 heterocycles.